The predicted octanol–water partition coefficient (Wildman–Crippen LogP) is 0.718. The van der Waals surface area contributed by atoms with E-state index in [9.17, 15) is 9.59 Å². The number of nitrogens with zero attached hydrogens (tertiary/aromatic N) is 1. The second kappa shape index (κ2) is 5.29. The van der Waals surface area contributed by atoms with Crippen LogP contribution in [0.2, 0.25) is 0 Å². The van der Waals surface area contributed by atoms with E-state index in [0.717, 1.165) is 6.21 Å². The third-order valence-corrected chi connectivity index (χ3v) is 2.44. The highest BCUT2D eigenvalue weighted by atomic mass is 16.5. The molecule has 0 saturated carbocycles. The van der Waals surface area contributed by atoms with Gasteiger partial charge in [0, 0.05) is 19.5 Å². The molecule has 1 aromatic rings. The van der Waals surface area contributed by atoms with Crippen LogP contribution in [0.15, 0.2) is 12.3 Å². The molecule has 6 heteroatoms. The molecule has 92 valence electrons. The minimum Gasteiger partial charge on any atom is -0.468 e. The van der Waals surface area contributed by atoms with Crippen LogP contribution in [0.5, 0.6) is 0 Å². The van der Waals surface area contributed by atoms with Gasteiger partial charge in [0.1, 0.15) is 5.92 Å². The lowest BCUT2D eigenvalue weighted by molar-refractivity contribution is -0.140. The van der Waals surface area contributed by atoms with Crippen molar-refractivity contribution in [3.8, 4) is 0 Å². The number of carbonyl (C=O) groups is 2. The maximum absolute atomic E-state index is 11.5. The number of ether oxygens (including phenoxy) is 2. The van der Waals surface area contributed by atoms with Gasteiger partial charge in [-0.25, -0.2) is 4.79 Å². The van der Waals surface area contributed by atoms with Gasteiger partial charge in [-0.2, -0.15) is 0 Å². The first-order valence-corrected chi connectivity index (χ1v) is 4.88. The predicted molar refractivity (Wildman–Crippen MR) is 60.3 cm³/mol. The van der Waals surface area contributed by atoms with Crippen LogP contribution in [0.25, 0.3) is 0 Å². The van der Waals surface area contributed by atoms with E-state index >= 15 is 0 Å². The Balaban J connectivity index is 3.27. The standard InChI is InChI=1S/C11H14N2O4/c1-13-5-4-7(10(14)16-2)9(13)8(6-12)11(15)17-3/h4-6,8,12H,1-3H3. The summed E-state index contributed by atoms with van der Waals surface area (Å²) in [5.41, 5.74) is 0.646. The molecule has 0 saturated heterocycles. The van der Waals surface area contributed by atoms with Gasteiger partial charge in [-0.05, 0) is 6.07 Å². The van der Waals surface area contributed by atoms with Crippen LogP contribution in [-0.4, -0.2) is 36.9 Å². The third-order valence-electron chi connectivity index (χ3n) is 2.44. The number of nitrogens with one attached hydrogen (secondary N) is 1. The Morgan fingerprint density at radius 1 is 1.41 bits per heavy atom. The first kappa shape index (κ1) is 13.0. The molecule has 0 aliphatic carbocycles. The zero-order valence-electron chi connectivity index (χ0n) is 9.89. The molecule has 1 rings (SSSR count). The fraction of sp³-hybridized carbons (Fsp3) is 0.364. The van der Waals surface area contributed by atoms with E-state index in [1.807, 2.05) is 0 Å². The third kappa shape index (κ3) is 2.35. The van der Waals surface area contributed by atoms with E-state index in [1.54, 1.807) is 23.9 Å². The maximum atomic E-state index is 11.5. The molecule has 0 aliphatic rings. The number of hydrogen-bond acceptors (Lipinski definition) is 5. The van der Waals surface area contributed by atoms with Gasteiger partial charge in [0.2, 0.25) is 0 Å². The summed E-state index contributed by atoms with van der Waals surface area (Å²) in [6.07, 6.45) is 2.56. The molecule has 6 nitrogen and oxygen atoms in total. The second-order valence-electron chi connectivity index (χ2n) is 3.38. The molecular weight excluding hydrogens is 224 g/mol. The molecule has 0 aliphatic heterocycles. The minimum atomic E-state index is -0.908. The highest BCUT2D eigenvalue weighted by Crippen LogP contribution is 2.21. The zero-order valence-corrected chi connectivity index (χ0v) is 9.89. The van der Waals surface area contributed by atoms with Crippen LogP contribution >= 0.6 is 0 Å². The Labute approximate surface area is 98.6 Å². The fourth-order valence-electron chi connectivity index (χ4n) is 1.60. The molecule has 1 N–H and O–H groups in total. The van der Waals surface area contributed by atoms with Crippen LogP contribution in [0.3, 0.4) is 0 Å². The lowest BCUT2D eigenvalue weighted by Crippen LogP contribution is -2.20. The Kier molecular flexibility index (Phi) is 4.03. The van der Waals surface area contributed by atoms with Gasteiger partial charge in [-0.3, -0.25) is 4.79 Å². The van der Waals surface area contributed by atoms with Crippen LogP contribution in [0.4, 0.5) is 0 Å². The summed E-state index contributed by atoms with van der Waals surface area (Å²) in [6.45, 7) is 0. The van der Waals surface area contributed by atoms with Crippen molar-refractivity contribution in [3.05, 3.63) is 23.5 Å². The van der Waals surface area contributed by atoms with Crippen molar-refractivity contribution < 1.29 is 19.1 Å². The van der Waals surface area contributed by atoms with Crippen molar-refractivity contribution in [2.24, 2.45) is 7.05 Å². The smallest absolute Gasteiger partial charge is 0.339 e. The Hall–Kier alpha value is -2.11. The lowest BCUT2D eigenvalue weighted by atomic mass is 10.0. The van der Waals surface area contributed by atoms with Gasteiger partial charge < -0.3 is 19.5 Å². The maximum Gasteiger partial charge on any atom is 0.339 e. The summed E-state index contributed by atoms with van der Waals surface area (Å²) >= 11 is 0. The average molecular weight is 238 g/mol. The van der Waals surface area contributed by atoms with Crippen molar-refractivity contribution in [1.29, 1.82) is 5.41 Å². The van der Waals surface area contributed by atoms with Gasteiger partial charge >= 0.3 is 11.9 Å². The summed E-state index contributed by atoms with van der Waals surface area (Å²) in [7, 11) is 4.18. The van der Waals surface area contributed by atoms with Crippen molar-refractivity contribution in [1.82, 2.24) is 4.57 Å². The van der Waals surface area contributed by atoms with E-state index in [2.05, 4.69) is 9.47 Å². The Morgan fingerprint density at radius 3 is 2.53 bits per heavy atom. The van der Waals surface area contributed by atoms with Crippen LogP contribution < -0.4 is 0 Å². The summed E-state index contributed by atoms with van der Waals surface area (Å²) < 4.78 is 10.8. The highest BCUT2D eigenvalue weighted by molar-refractivity contribution is 5.99. The summed E-state index contributed by atoms with van der Waals surface area (Å²) in [5.74, 6) is -2.04. The Bertz CT molecular complexity index is 450. The number of methoxy groups -OCH3 is 2. The number of hydrogen-bond donors (Lipinski definition) is 1. The van der Waals surface area contributed by atoms with Gasteiger partial charge in [-0.15, -0.1) is 0 Å². The number of rotatable bonds is 4. The first-order valence-electron chi connectivity index (χ1n) is 4.88. The summed E-state index contributed by atoms with van der Waals surface area (Å²) in [6, 6.07) is 1.54. The van der Waals surface area contributed by atoms with Crippen LogP contribution in [-0.2, 0) is 21.3 Å². The number of carbonyl (C=O) groups excluding carboxylic acids is 2. The first-order chi connectivity index (χ1) is 8.06. The van der Waals surface area contributed by atoms with Crippen LogP contribution in [0, 0.1) is 5.41 Å². The normalized spacial score (nSPS) is 11.7. The average Bonchev–Trinajstić information content (AvgIpc) is 2.71. The van der Waals surface area contributed by atoms with E-state index in [-0.39, 0.29) is 5.56 Å². The second-order valence-corrected chi connectivity index (χ2v) is 3.38. The van der Waals surface area contributed by atoms with Crippen molar-refractivity contribution >= 4 is 18.2 Å². The van der Waals surface area contributed by atoms with E-state index in [1.165, 1.54) is 14.2 Å². The molecule has 0 bridgehead atoms. The van der Waals surface area contributed by atoms with Gasteiger partial charge in [-0.1, -0.05) is 0 Å². The molecular formula is C11H14N2O4. The van der Waals surface area contributed by atoms with E-state index < -0.39 is 17.9 Å². The fourth-order valence-corrected chi connectivity index (χ4v) is 1.60. The molecule has 1 atom stereocenters. The van der Waals surface area contributed by atoms with Crippen LogP contribution in [0.1, 0.15) is 22.0 Å². The molecule has 1 aromatic heterocycles. The topological polar surface area (TPSA) is 81.4 Å². The molecule has 0 radical (unpaired) electrons. The van der Waals surface area contributed by atoms with E-state index in [4.69, 9.17) is 5.41 Å². The van der Waals surface area contributed by atoms with Crippen molar-refractivity contribution in [2.45, 2.75) is 5.92 Å². The van der Waals surface area contributed by atoms with Crippen molar-refractivity contribution in [3.63, 3.8) is 0 Å². The monoisotopic (exact) mass is 238 g/mol. The molecule has 0 aromatic carbocycles. The molecule has 0 spiro atoms. The SMILES string of the molecule is COC(=O)c1ccn(C)c1C(C=N)C(=O)OC. The van der Waals surface area contributed by atoms with Gasteiger partial charge in [0.25, 0.3) is 0 Å². The minimum absolute atomic E-state index is 0.258. The van der Waals surface area contributed by atoms with Gasteiger partial charge in [0.05, 0.1) is 25.5 Å². The number of esters is 2. The molecule has 1 unspecified atom stereocenters. The van der Waals surface area contributed by atoms with E-state index in [0.29, 0.717) is 5.69 Å². The molecule has 0 amide bonds. The van der Waals surface area contributed by atoms with Gasteiger partial charge in [0.15, 0.2) is 0 Å². The lowest BCUT2D eigenvalue weighted by Gasteiger charge is -2.12. The summed E-state index contributed by atoms with van der Waals surface area (Å²) in [4.78, 5) is 23.0. The largest absolute Gasteiger partial charge is 0.468 e. The summed E-state index contributed by atoms with van der Waals surface area (Å²) in [5, 5.41) is 7.27. The number of aromatic nitrogens is 1. The molecule has 1 heterocycles. The highest BCUT2D eigenvalue weighted by Gasteiger charge is 2.27. The Morgan fingerprint density at radius 2 is 2.06 bits per heavy atom. The molecule has 0 fully saturated rings. The zero-order chi connectivity index (χ0) is 13.0. The quantitative estimate of drug-likeness (QED) is 0.619. The van der Waals surface area contributed by atoms with Crippen molar-refractivity contribution in [2.75, 3.05) is 14.2 Å². The number of aryl methyl sites for hydroxylation is 1. The molecule has 17 heavy (non-hydrogen) atoms.